The highest BCUT2D eigenvalue weighted by molar-refractivity contribution is 6.11. The van der Waals surface area contributed by atoms with Crippen molar-refractivity contribution in [3.8, 4) is 0 Å². The number of benzene rings is 6. The van der Waals surface area contributed by atoms with E-state index in [1.54, 1.807) is 0 Å². The van der Waals surface area contributed by atoms with E-state index in [0.29, 0.717) is 0 Å². The molecular weight excluding hydrogens is 593 g/mol. The lowest BCUT2D eigenvalue weighted by Crippen LogP contribution is -1.95. The van der Waals surface area contributed by atoms with E-state index in [9.17, 15) is 0 Å². The predicted octanol–water partition coefficient (Wildman–Crippen LogP) is 13.5. The second-order valence-electron chi connectivity index (χ2n) is 14.0. The zero-order valence-corrected chi connectivity index (χ0v) is 28.6. The molecule has 0 aliphatic rings. The summed E-state index contributed by atoms with van der Waals surface area (Å²) in [5.41, 5.74) is 7.50. The first-order chi connectivity index (χ1) is 24.3. The summed E-state index contributed by atoms with van der Waals surface area (Å²) in [4.78, 5) is 10.2. The van der Waals surface area contributed by atoms with Crippen molar-refractivity contribution in [1.29, 1.82) is 0 Å². The van der Waals surface area contributed by atoms with Gasteiger partial charge in [0.25, 0.3) is 0 Å². The van der Waals surface area contributed by atoms with Gasteiger partial charge in [0.2, 0.25) is 0 Å². The maximum absolute atomic E-state index is 5.12. The Bertz CT molecular complexity index is 2220. The Balaban J connectivity index is 0.780. The Morgan fingerprint density at radius 1 is 0.286 bits per heavy atom. The zero-order valence-electron chi connectivity index (χ0n) is 28.6. The Hall–Kier alpha value is -4.82. The van der Waals surface area contributed by atoms with Crippen molar-refractivity contribution in [2.75, 3.05) is 0 Å². The molecule has 2 aromatic heterocycles. The molecule has 6 aromatic carbocycles. The molecule has 2 heterocycles. The first-order valence-corrected chi connectivity index (χ1v) is 18.7. The number of pyridine rings is 2. The van der Waals surface area contributed by atoms with Gasteiger partial charge in [-0.3, -0.25) is 0 Å². The maximum Gasteiger partial charge on any atom is 0.0790 e. The van der Waals surface area contributed by atoms with Gasteiger partial charge in [-0.25, -0.2) is 9.97 Å². The molecule has 0 atom stereocenters. The first-order valence-electron chi connectivity index (χ1n) is 18.7. The molecule has 2 nitrogen and oxygen atoms in total. The third-order valence-corrected chi connectivity index (χ3v) is 10.7. The van der Waals surface area contributed by atoms with Crippen LogP contribution in [0.25, 0.3) is 65.2 Å². The normalized spacial score (nSPS) is 11.9. The second kappa shape index (κ2) is 14.7. The second-order valence-corrected chi connectivity index (χ2v) is 14.0. The average Bonchev–Trinajstić information content (AvgIpc) is 3.15. The number of para-hydroxylation sites is 2. The van der Waals surface area contributed by atoms with E-state index in [1.165, 1.54) is 125 Å². The van der Waals surface area contributed by atoms with Gasteiger partial charge in [-0.1, -0.05) is 167 Å². The Morgan fingerprint density at radius 2 is 0.633 bits per heavy atom. The maximum atomic E-state index is 5.12. The molecule has 49 heavy (non-hydrogen) atoms. The monoisotopic (exact) mass is 638 g/mol. The van der Waals surface area contributed by atoms with Crippen LogP contribution in [0, 0.1) is 0 Å². The minimum absolute atomic E-state index is 1.12. The molecule has 0 saturated heterocycles. The molecule has 8 aromatic rings. The van der Waals surface area contributed by atoms with Gasteiger partial charge in [0.05, 0.1) is 22.1 Å². The highest BCUT2D eigenvalue weighted by atomic mass is 14.7. The van der Waals surface area contributed by atoms with Crippen molar-refractivity contribution >= 4 is 65.2 Å². The largest absolute Gasteiger partial charge is 0.247 e. The van der Waals surface area contributed by atoms with Gasteiger partial charge in [0, 0.05) is 32.3 Å². The molecule has 0 aliphatic carbocycles. The molecule has 2 heteroatoms. The topological polar surface area (TPSA) is 25.8 Å². The summed E-state index contributed by atoms with van der Waals surface area (Å²) >= 11 is 0. The fourth-order valence-corrected chi connectivity index (χ4v) is 8.16. The molecule has 8 rings (SSSR count). The molecule has 0 bridgehead atoms. The van der Waals surface area contributed by atoms with Crippen LogP contribution in [0.4, 0.5) is 0 Å². The van der Waals surface area contributed by atoms with Gasteiger partial charge < -0.3 is 0 Å². The standard InChI is InChI=1S/C47H46N2/c1(2-4-6-8-10-24-38-40-26-16-18-28-44(40)48-46-36-22-14-12-20-34(36)30-32-42(38)46)3-5-7-9-11-25-39-41-27-17-19-29-45(41)49-47-37-23-15-13-21-35(37)31-33-43(39)47/h12-23,26-33H,1-11,24-25H2. The molecular formula is C47H46N2. The number of hydrogen-bond donors (Lipinski definition) is 0. The first kappa shape index (κ1) is 31.4. The van der Waals surface area contributed by atoms with Crippen LogP contribution in [0.5, 0.6) is 0 Å². The number of rotatable bonds is 14. The lowest BCUT2D eigenvalue weighted by atomic mass is 9.95. The molecule has 0 N–H and O–H groups in total. The van der Waals surface area contributed by atoms with E-state index < -0.39 is 0 Å². The number of fused-ring (bicyclic) bond motifs is 8. The van der Waals surface area contributed by atoms with Crippen molar-refractivity contribution in [1.82, 2.24) is 9.97 Å². The summed E-state index contributed by atoms with van der Waals surface area (Å²) < 4.78 is 0. The van der Waals surface area contributed by atoms with E-state index in [-0.39, 0.29) is 0 Å². The number of nitrogens with zero attached hydrogens (tertiary/aromatic N) is 2. The fraction of sp³-hybridized carbons (Fsp3) is 0.277. The molecule has 244 valence electrons. The van der Waals surface area contributed by atoms with Crippen molar-refractivity contribution in [2.45, 2.75) is 83.5 Å². The van der Waals surface area contributed by atoms with Crippen molar-refractivity contribution in [3.05, 3.63) is 132 Å². The third-order valence-electron chi connectivity index (χ3n) is 10.7. The van der Waals surface area contributed by atoms with Crippen LogP contribution >= 0.6 is 0 Å². The number of aromatic nitrogens is 2. The van der Waals surface area contributed by atoms with Crippen LogP contribution in [-0.2, 0) is 12.8 Å². The van der Waals surface area contributed by atoms with Gasteiger partial charge in [-0.05, 0) is 59.7 Å². The fourth-order valence-electron chi connectivity index (χ4n) is 8.16. The van der Waals surface area contributed by atoms with Crippen LogP contribution in [-0.4, -0.2) is 9.97 Å². The summed E-state index contributed by atoms with van der Waals surface area (Å²) in [5.74, 6) is 0. The molecule has 0 amide bonds. The molecule has 0 radical (unpaired) electrons. The summed E-state index contributed by atoms with van der Waals surface area (Å²) in [6.45, 7) is 0. The summed E-state index contributed by atoms with van der Waals surface area (Å²) in [6.07, 6.45) is 16.9. The quantitative estimate of drug-likeness (QED) is 0.0673. The van der Waals surface area contributed by atoms with Gasteiger partial charge in [-0.15, -0.1) is 0 Å². The number of hydrogen-bond acceptors (Lipinski definition) is 2. The van der Waals surface area contributed by atoms with Gasteiger partial charge in [0.15, 0.2) is 0 Å². The predicted molar refractivity (Wildman–Crippen MR) is 212 cm³/mol. The van der Waals surface area contributed by atoms with Gasteiger partial charge in [0.1, 0.15) is 0 Å². The molecule has 0 saturated carbocycles. The Labute approximate surface area is 290 Å². The van der Waals surface area contributed by atoms with Crippen LogP contribution in [0.1, 0.15) is 81.8 Å². The molecule has 0 spiro atoms. The molecule has 0 fully saturated rings. The smallest absolute Gasteiger partial charge is 0.0790 e. The van der Waals surface area contributed by atoms with Crippen LogP contribution < -0.4 is 0 Å². The average molecular weight is 639 g/mol. The lowest BCUT2D eigenvalue weighted by Gasteiger charge is -2.13. The van der Waals surface area contributed by atoms with E-state index in [2.05, 4.69) is 121 Å². The summed E-state index contributed by atoms with van der Waals surface area (Å²) in [6, 6.07) is 43.9. The molecule has 0 aliphatic heterocycles. The summed E-state index contributed by atoms with van der Waals surface area (Å²) in [5, 5.41) is 10.4. The van der Waals surface area contributed by atoms with Crippen molar-refractivity contribution in [2.24, 2.45) is 0 Å². The Kier molecular flexibility index (Phi) is 9.46. The Morgan fingerprint density at radius 3 is 1.06 bits per heavy atom. The van der Waals surface area contributed by atoms with Crippen LogP contribution in [0.2, 0.25) is 0 Å². The summed E-state index contributed by atoms with van der Waals surface area (Å²) in [7, 11) is 0. The van der Waals surface area contributed by atoms with Crippen LogP contribution in [0.3, 0.4) is 0 Å². The lowest BCUT2D eigenvalue weighted by molar-refractivity contribution is 0.546. The van der Waals surface area contributed by atoms with E-state index >= 15 is 0 Å². The van der Waals surface area contributed by atoms with Crippen molar-refractivity contribution < 1.29 is 0 Å². The number of aryl methyl sites for hydroxylation is 2. The highest BCUT2D eigenvalue weighted by Crippen LogP contribution is 2.34. The number of unbranched alkanes of at least 4 members (excludes halogenated alkanes) is 10. The van der Waals surface area contributed by atoms with E-state index in [1.807, 2.05) is 0 Å². The van der Waals surface area contributed by atoms with Crippen molar-refractivity contribution in [3.63, 3.8) is 0 Å². The zero-order chi connectivity index (χ0) is 32.8. The van der Waals surface area contributed by atoms with Gasteiger partial charge in [-0.2, -0.15) is 0 Å². The van der Waals surface area contributed by atoms with Crippen LogP contribution in [0.15, 0.2) is 121 Å². The highest BCUT2D eigenvalue weighted by Gasteiger charge is 2.13. The van der Waals surface area contributed by atoms with Gasteiger partial charge >= 0.3 is 0 Å². The minimum atomic E-state index is 1.12. The van der Waals surface area contributed by atoms with E-state index in [0.717, 1.165) is 34.9 Å². The van der Waals surface area contributed by atoms with E-state index in [4.69, 9.17) is 9.97 Å². The molecule has 0 unspecified atom stereocenters. The third kappa shape index (κ3) is 6.62. The minimum Gasteiger partial charge on any atom is -0.247 e. The SMILES string of the molecule is c1ccc2c(c1)ccc1c(CCCCCCCCCCCCCc3c4ccccc4nc4c3ccc3ccccc34)c3ccccc3nc12.